The average molecular weight is 276 g/mol. The second-order valence-electron chi connectivity index (χ2n) is 3.64. The molecule has 0 aliphatic heterocycles. The summed E-state index contributed by atoms with van der Waals surface area (Å²) in [6.07, 6.45) is -4.74. The molecule has 0 bridgehead atoms. The number of benzene rings is 1. The molecule has 0 saturated carbocycles. The Hall–Kier alpha value is -1.63. The van der Waals surface area contributed by atoms with Crippen LogP contribution in [0.3, 0.4) is 0 Å². The molecule has 2 rings (SSSR count). The fraction of sp³-hybridized carbons (Fsp3) is 0.182. The van der Waals surface area contributed by atoms with Gasteiger partial charge in [-0.25, -0.2) is 9.37 Å². The summed E-state index contributed by atoms with van der Waals surface area (Å²) in [5, 5.41) is 0.951. The Morgan fingerprint density at radius 1 is 1.28 bits per heavy atom. The molecule has 7 heteroatoms. The molecule has 0 aliphatic rings. The maximum absolute atomic E-state index is 13.1. The number of aryl methyl sites for hydroxylation is 1. The van der Waals surface area contributed by atoms with Crippen molar-refractivity contribution in [2.75, 3.05) is 5.73 Å². The number of nitrogen functional groups attached to an aromatic ring is 1. The zero-order chi connectivity index (χ0) is 13.5. The Morgan fingerprint density at radius 2 is 1.94 bits per heavy atom. The standard InChI is InChI=1S/C11H8F4N2S/c1-5-17-9(10(16)18-5)6-2-3-8(12)7(4-6)11(13,14)15/h2-4H,16H2,1H3. The number of nitrogens with zero attached hydrogens (tertiary/aromatic N) is 1. The maximum Gasteiger partial charge on any atom is 0.419 e. The zero-order valence-electron chi connectivity index (χ0n) is 9.18. The molecular weight excluding hydrogens is 268 g/mol. The first-order valence-electron chi connectivity index (χ1n) is 4.89. The van der Waals surface area contributed by atoms with Gasteiger partial charge < -0.3 is 5.73 Å². The Labute approximate surface area is 104 Å². The van der Waals surface area contributed by atoms with Crippen molar-refractivity contribution in [3.05, 3.63) is 34.6 Å². The smallest absolute Gasteiger partial charge is 0.389 e. The Kier molecular flexibility index (Phi) is 3.02. The first-order valence-corrected chi connectivity index (χ1v) is 5.70. The van der Waals surface area contributed by atoms with Crippen LogP contribution >= 0.6 is 11.3 Å². The first-order chi connectivity index (χ1) is 8.29. The van der Waals surface area contributed by atoms with Crippen LogP contribution in [0.1, 0.15) is 10.6 Å². The summed E-state index contributed by atoms with van der Waals surface area (Å²) in [6.45, 7) is 1.69. The highest BCUT2D eigenvalue weighted by atomic mass is 32.1. The van der Waals surface area contributed by atoms with Gasteiger partial charge in [0.2, 0.25) is 0 Å². The van der Waals surface area contributed by atoms with Gasteiger partial charge in [0.05, 0.1) is 10.6 Å². The van der Waals surface area contributed by atoms with Gasteiger partial charge in [-0.15, -0.1) is 11.3 Å². The number of rotatable bonds is 1. The molecule has 0 radical (unpaired) electrons. The van der Waals surface area contributed by atoms with E-state index in [0.29, 0.717) is 10.0 Å². The Bertz CT molecular complexity index is 589. The van der Waals surface area contributed by atoms with Crippen LogP contribution in [-0.2, 0) is 6.18 Å². The molecule has 2 aromatic rings. The SMILES string of the molecule is Cc1nc(-c2ccc(F)c(C(F)(F)F)c2)c(N)s1. The number of aromatic nitrogens is 1. The fourth-order valence-electron chi connectivity index (χ4n) is 1.54. The number of halogens is 4. The number of hydrogen-bond acceptors (Lipinski definition) is 3. The number of nitrogens with two attached hydrogens (primary N) is 1. The minimum absolute atomic E-state index is 0.158. The van der Waals surface area contributed by atoms with E-state index >= 15 is 0 Å². The molecule has 0 aliphatic carbocycles. The molecule has 1 aromatic heterocycles. The molecule has 0 fully saturated rings. The van der Waals surface area contributed by atoms with Crippen LogP contribution in [-0.4, -0.2) is 4.98 Å². The van der Waals surface area contributed by atoms with Crippen LogP contribution in [0.5, 0.6) is 0 Å². The van der Waals surface area contributed by atoms with Crippen LogP contribution < -0.4 is 5.73 Å². The summed E-state index contributed by atoms with van der Waals surface area (Å²) < 4.78 is 50.8. The molecular formula is C11H8F4N2S. The Balaban J connectivity index is 2.57. The van der Waals surface area contributed by atoms with Crippen molar-refractivity contribution in [1.82, 2.24) is 4.98 Å². The lowest BCUT2D eigenvalue weighted by molar-refractivity contribution is -0.139. The van der Waals surface area contributed by atoms with Gasteiger partial charge in [-0.2, -0.15) is 13.2 Å². The molecule has 0 amide bonds. The number of thiazole rings is 1. The van der Waals surface area contributed by atoms with E-state index in [-0.39, 0.29) is 11.3 Å². The molecule has 96 valence electrons. The lowest BCUT2D eigenvalue weighted by Crippen LogP contribution is -2.08. The average Bonchev–Trinajstić information content (AvgIpc) is 2.57. The maximum atomic E-state index is 13.1. The van der Waals surface area contributed by atoms with Crippen LogP contribution in [0.25, 0.3) is 11.3 Å². The van der Waals surface area contributed by atoms with Crippen molar-refractivity contribution in [3.8, 4) is 11.3 Å². The van der Waals surface area contributed by atoms with Gasteiger partial charge in [0, 0.05) is 5.56 Å². The summed E-state index contributed by atoms with van der Waals surface area (Å²) in [5.74, 6) is -1.31. The van der Waals surface area contributed by atoms with E-state index < -0.39 is 17.6 Å². The van der Waals surface area contributed by atoms with Crippen LogP contribution in [0.2, 0.25) is 0 Å². The Morgan fingerprint density at radius 3 is 2.44 bits per heavy atom. The predicted molar refractivity (Wildman–Crippen MR) is 61.7 cm³/mol. The molecule has 1 heterocycles. The largest absolute Gasteiger partial charge is 0.419 e. The molecule has 0 saturated heterocycles. The van der Waals surface area contributed by atoms with Gasteiger partial charge in [0.1, 0.15) is 16.5 Å². The predicted octanol–water partition coefficient (Wildman–Crippen LogP) is 3.86. The van der Waals surface area contributed by atoms with Crippen molar-refractivity contribution in [2.24, 2.45) is 0 Å². The highest BCUT2D eigenvalue weighted by Crippen LogP contribution is 2.36. The third-order valence-electron chi connectivity index (χ3n) is 2.31. The van der Waals surface area contributed by atoms with Gasteiger partial charge in [-0.3, -0.25) is 0 Å². The van der Waals surface area contributed by atoms with E-state index in [4.69, 9.17) is 5.73 Å². The molecule has 18 heavy (non-hydrogen) atoms. The van der Waals surface area contributed by atoms with Crippen LogP contribution in [0.4, 0.5) is 22.6 Å². The lowest BCUT2D eigenvalue weighted by atomic mass is 10.1. The van der Waals surface area contributed by atoms with Gasteiger partial charge in [-0.05, 0) is 25.1 Å². The summed E-state index contributed by atoms with van der Waals surface area (Å²) in [6, 6.07) is 2.72. The fourth-order valence-corrected chi connectivity index (χ4v) is 2.25. The summed E-state index contributed by atoms with van der Waals surface area (Å²) in [4.78, 5) is 4.04. The molecule has 0 atom stereocenters. The van der Waals surface area contributed by atoms with Gasteiger partial charge in [0.25, 0.3) is 0 Å². The van der Waals surface area contributed by atoms with Crippen LogP contribution in [0, 0.1) is 12.7 Å². The first kappa shape index (κ1) is 12.8. The second kappa shape index (κ2) is 4.24. The van der Waals surface area contributed by atoms with Crippen molar-refractivity contribution in [3.63, 3.8) is 0 Å². The van der Waals surface area contributed by atoms with Crippen molar-refractivity contribution in [2.45, 2.75) is 13.1 Å². The van der Waals surface area contributed by atoms with E-state index in [9.17, 15) is 17.6 Å². The van der Waals surface area contributed by atoms with Crippen molar-refractivity contribution in [1.29, 1.82) is 0 Å². The number of alkyl halides is 3. The number of hydrogen-bond donors (Lipinski definition) is 1. The highest BCUT2D eigenvalue weighted by Gasteiger charge is 2.34. The highest BCUT2D eigenvalue weighted by molar-refractivity contribution is 7.16. The summed E-state index contributed by atoms with van der Waals surface area (Å²) in [5.41, 5.74) is 4.75. The zero-order valence-corrected chi connectivity index (χ0v) is 9.99. The third kappa shape index (κ3) is 2.31. The third-order valence-corrected chi connectivity index (χ3v) is 3.11. The minimum Gasteiger partial charge on any atom is -0.389 e. The summed E-state index contributed by atoms with van der Waals surface area (Å²) >= 11 is 1.17. The van der Waals surface area contributed by atoms with E-state index in [0.717, 1.165) is 12.1 Å². The van der Waals surface area contributed by atoms with Gasteiger partial charge >= 0.3 is 6.18 Å². The molecule has 0 spiro atoms. The molecule has 0 unspecified atom stereocenters. The normalized spacial score (nSPS) is 11.8. The molecule has 2 N–H and O–H groups in total. The van der Waals surface area contributed by atoms with E-state index in [1.54, 1.807) is 6.92 Å². The van der Waals surface area contributed by atoms with Crippen molar-refractivity contribution >= 4 is 16.3 Å². The van der Waals surface area contributed by atoms with E-state index in [1.165, 1.54) is 17.4 Å². The quantitative estimate of drug-likeness (QED) is 0.803. The minimum atomic E-state index is -4.74. The molecule has 2 nitrogen and oxygen atoms in total. The van der Waals surface area contributed by atoms with Crippen molar-refractivity contribution < 1.29 is 17.6 Å². The monoisotopic (exact) mass is 276 g/mol. The van der Waals surface area contributed by atoms with Gasteiger partial charge in [0.15, 0.2) is 0 Å². The van der Waals surface area contributed by atoms with Crippen LogP contribution in [0.15, 0.2) is 18.2 Å². The second-order valence-corrected chi connectivity index (χ2v) is 4.87. The summed E-state index contributed by atoms with van der Waals surface area (Å²) in [7, 11) is 0. The number of anilines is 1. The van der Waals surface area contributed by atoms with E-state index in [1.807, 2.05) is 0 Å². The topological polar surface area (TPSA) is 38.9 Å². The lowest BCUT2D eigenvalue weighted by Gasteiger charge is -2.09. The molecule has 1 aromatic carbocycles. The van der Waals surface area contributed by atoms with E-state index in [2.05, 4.69) is 4.98 Å². The van der Waals surface area contributed by atoms with Gasteiger partial charge in [-0.1, -0.05) is 0 Å².